The number of nitrogens with zero attached hydrogens (tertiary/aromatic N) is 2. The van der Waals surface area contributed by atoms with Crippen molar-refractivity contribution in [3.8, 4) is 0 Å². The van der Waals surface area contributed by atoms with Crippen LogP contribution >= 0.6 is 23.4 Å². The molecule has 1 amide bonds. The Hall–Kier alpha value is -1.25. The Balaban J connectivity index is 1.82. The molecule has 0 aliphatic carbocycles. The van der Waals surface area contributed by atoms with Gasteiger partial charge in [0.15, 0.2) is 0 Å². The molecule has 4 nitrogen and oxygen atoms in total. The van der Waals surface area contributed by atoms with Crippen LogP contribution in [0.2, 0.25) is 5.02 Å². The molecule has 1 aromatic rings. The van der Waals surface area contributed by atoms with Crippen molar-refractivity contribution in [2.75, 3.05) is 32.4 Å². The van der Waals surface area contributed by atoms with Crippen molar-refractivity contribution in [1.82, 2.24) is 10.2 Å². The maximum absolute atomic E-state index is 13.0. The van der Waals surface area contributed by atoms with Crippen LogP contribution in [-0.4, -0.2) is 54.3 Å². The van der Waals surface area contributed by atoms with Gasteiger partial charge >= 0.3 is 6.18 Å². The minimum Gasteiger partial charge on any atom is -0.355 e. The third kappa shape index (κ3) is 7.78. The van der Waals surface area contributed by atoms with Gasteiger partial charge < -0.3 is 10.2 Å². The SMILES string of the molecule is CCN=C(SCC(=O)NCCCCC1CCCN1C)c1cc(C(F)(F)F)ccc1Cl. The Morgan fingerprint density at radius 2 is 2.13 bits per heavy atom. The van der Waals surface area contributed by atoms with E-state index in [1.807, 2.05) is 0 Å². The summed E-state index contributed by atoms with van der Waals surface area (Å²) in [7, 11) is 2.16. The quantitative estimate of drug-likeness (QED) is 0.309. The van der Waals surface area contributed by atoms with Crippen LogP contribution in [0.25, 0.3) is 0 Å². The molecule has 1 aliphatic heterocycles. The second kappa shape index (κ2) is 12.0. The summed E-state index contributed by atoms with van der Waals surface area (Å²) in [6.45, 7) is 3.92. The second-order valence-corrected chi connectivity index (χ2v) is 8.75. The van der Waals surface area contributed by atoms with Crippen LogP contribution < -0.4 is 5.32 Å². The maximum Gasteiger partial charge on any atom is 0.416 e. The second-order valence-electron chi connectivity index (χ2n) is 7.38. The van der Waals surface area contributed by atoms with E-state index in [-0.39, 0.29) is 22.2 Å². The number of hydrogen-bond donors (Lipinski definition) is 1. The van der Waals surface area contributed by atoms with Crippen LogP contribution in [0.3, 0.4) is 0 Å². The first-order valence-corrected chi connectivity index (χ1v) is 11.6. The van der Waals surface area contributed by atoms with Crippen molar-refractivity contribution in [1.29, 1.82) is 0 Å². The fraction of sp³-hybridized carbons (Fsp3) is 0.619. The molecule has 1 aromatic carbocycles. The Morgan fingerprint density at radius 1 is 1.37 bits per heavy atom. The number of alkyl halides is 3. The smallest absolute Gasteiger partial charge is 0.355 e. The van der Waals surface area contributed by atoms with Crippen LogP contribution in [-0.2, 0) is 11.0 Å². The summed E-state index contributed by atoms with van der Waals surface area (Å²) in [4.78, 5) is 18.8. The van der Waals surface area contributed by atoms with E-state index in [4.69, 9.17) is 11.6 Å². The summed E-state index contributed by atoms with van der Waals surface area (Å²) in [5.74, 6) is -0.0820. The third-order valence-electron chi connectivity index (χ3n) is 5.12. The zero-order valence-corrected chi connectivity index (χ0v) is 19.0. The highest BCUT2D eigenvalue weighted by molar-refractivity contribution is 8.15. The fourth-order valence-electron chi connectivity index (χ4n) is 3.48. The van der Waals surface area contributed by atoms with Crippen molar-refractivity contribution in [3.05, 3.63) is 34.3 Å². The molecule has 30 heavy (non-hydrogen) atoms. The highest BCUT2D eigenvalue weighted by Crippen LogP contribution is 2.33. The molecule has 9 heteroatoms. The molecule has 1 unspecified atom stereocenters. The van der Waals surface area contributed by atoms with E-state index in [2.05, 4.69) is 22.3 Å². The predicted molar refractivity (Wildman–Crippen MR) is 119 cm³/mol. The number of rotatable bonds is 9. The van der Waals surface area contributed by atoms with Gasteiger partial charge in [-0.05, 0) is 64.4 Å². The number of nitrogens with one attached hydrogen (secondary N) is 1. The molecule has 0 spiro atoms. The van der Waals surface area contributed by atoms with Crippen molar-refractivity contribution in [2.45, 2.75) is 51.2 Å². The monoisotopic (exact) mass is 463 g/mol. The van der Waals surface area contributed by atoms with Gasteiger partial charge in [0.25, 0.3) is 0 Å². The van der Waals surface area contributed by atoms with Crippen molar-refractivity contribution >= 4 is 34.3 Å². The van der Waals surface area contributed by atoms with Gasteiger partial charge in [-0.1, -0.05) is 29.8 Å². The number of amides is 1. The molecule has 1 N–H and O–H groups in total. The lowest BCUT2D eigenvalue weighted by Gasteiger charge is -2.18. The van der Waals surface area contributed by atoms with Gasteiger partial charge in [-0.3, -0.25) is 9.79 Å². The molecule has 0 saturated carbocycles. The van der Waals surface area contributed by atoms with E-state index in [1.165, 1.54) is 18.9 Å². The van der Waals surface area contributed by atoms with Gasteiger partial charge in [-0.15, -0.1) is 0 Å². The first-order valence-electron chi connectivity index (χ1n) is 10.2. The Morgan fingerprint density at radius 3 is 2.77 bits per heavy atom. The zero-order chi connectivity index (χ0) is 22.1. The maximum atomic E-state index is 13.0. The highest BCUT2D eigenvalue weighted by Gasteiger charge is 2.31. The van der Waals surface area contributed by atoms with E-state index in [9.17, 15) is 18.0 Å². The van der Waals surface area contributed by atoms with Crippen molar-refractivity contribution in [3.63, 3.8) is 0 Å². The van der Waals surface area contributed by atoms with Crippen LogP contribution in [0, 0.1) is 0 Å². The van der Waals surface area contributed by atoms with E-state index in [0.29, 0.717) is 24.2 Å². The summed E-state index contributed by atoms with van der Waals surface area (Å²) in [6, 6.07) is 3.80. The number of hydrogen-bond acceptors (Lipinski definition) is 4. The molecule has 0 radical (unpaired) electrons. The molecular formula is C21H29ClF3N3OS. The number of thioether (sulfide) groups is 1. The lowest BCUT2D eigenvalue weighted by molar-refractivity contribution is -0.137. The average Bonchev–Trinajstić information content (AvgIpc) is 3.09. The molecule has 168 valence electrons. The minimum absolute atomic E-state index is 0.0801. The molecule has 1 fully saturated rings. The number of aliphatic imine (C=N–C) groups is 1. The van der Waals surface area contributed by atoms with Gasteiger partial charge in [-0.2, -0.15) is 13.2 Å². The first-order chi connectivity index (χ1) is 14.2. The summed E-state index contributed by atoms with van der Waals surface area (Å²) < 4.78 is 39.1. The number of likely N-dealkylation sites (tertiary alicyclic amines) is 1. The van der Waals surface area contributed by atoms with E-state index < -0.39 is 11.7 Å². The standard InChI is InChI=1S/C21H29ClF3N3OS/c1-3-26-20(17-13-15(21(23,24)25)9-10-18(17)22)30-14-19(29)27-11-5-4-7-16-8-6-12-28(16)2/h9-10,13,16H,3-8,11-12,14H2,1-2H3,(H,27,29). The summed E-state index contributed by atoms with van der Waals surface area (Å²) in [5.41, 5.74) is -0.588. The Bertz CT molecular complexity index is 743. The van der Waals surface area contributed by atoms with E-state index in [0.717, 1.165) is 49.7 Å². The first kappa shape index (κ1) is 25.0. The van der Waals surface area contributed by atoms with Crippen LogP contribution in [0.1, 0.15) is 50.2 Å². The number of benzene rings is 1. The lowest BCUT2D eigenvalue weighted by Crippen LogP contribution is -2.28. The van der Waals surface area contributed by atoms with Gasteiger partial charge in [0.05, 0.1) is 21.4 Å². The van der Waals surface area contributed by atoms with Gasteiger partial charge in [0.1, 0.15) is 0 Å². The van der Waals surface area contributed by atoms with Crippen LogP contribution in [0.4, 0.5) is 13.2 Å². The number of carbonyl (C=O) groups excluding carboxylic acids is 1. The topological polar surface area (TPSA) is 44.7 Å². The molecule has 1 atom stereocenters. The normalized spacial score (nSPS) is 18.1. The third-order valence-corrected chi connectivity index (χ3v) is 6.48. The van der Waals surface area contributed by atoms with Gasteiger partial charge in [-0.25, -0.2) is 0 Å². The molecule has 0 bridgehead atoms. The Kier molecular flexibility index (Phi) is 9.97. The fourth-order valence-corrected chi connectivity index (χ4v) is 4.66. The summed E-state index contributed by atoms with van der Waals surface area (Å²) in [5, 5.41) is 3.40. The highest BCUT2D eigenvalue weighted by atomic mass is 35.5. The van der Waals surface area contributed by atoms with Gasteiger partial charge in [0.2, 0.25) is 5.91 Å². The van der Waals surface area contributed by atoms with Crippen molar-refractivity contribution < 1.29 is 18.0 Å². The average molecular weight is 464 g/mol. The van der Waals surface area contributed by atoms with Crippen LogP contribution in [0.15, 0.2) is 23.2 Å². The van der Waals surface area contributed by atoms with Crippen molar-refractivity contribution in [2.24, 2.45) is 4.99 Å². The van der Waals surface area contributed by atoms with Crippen LogP contribution in [0.5, 0.6) is 0 Å². The summed E-state index contributed by atoms with van der Waals surface area (Å²) >= 11 is 7.21. The Labute approximate surface area is 185 Å². The number of unbranched alkanes of at least 4 members (excludes halogenated alkanes) is 1. The number of carbonyl (C=O) groups is 1. The lowest BCUT2D eigenvalue weighted by atomic mass is 10.1. The molecule has 1 heterocycles. The van der Waals surface area contributed by atoms with E-state index in [1.54, 1.807) is 6.92 Å². The van der Waals surface area contributed by atoms with E-state index >= 15 is 0 Å². The van der Waals surface area contributed by atoms with Gasteiger partial charge in [0, 0.05) is 24.7 Å². The number of halogens is 4. The molecular weight excluding hydrogens is 435 g/mol. The molecule has 1 saturated heterocycles. The largest absolute Gasteiger partial charge is 0.416 e. The molecule has 2 rings (SSSR count). The minimum atomic E-state index is -4.47. The molecule has 0 aromatic heterocycles. The predicted octanol–water partition coefficient (Wildman–Crippen LogP) is 5.24. The molecule has 1 aliphatic rings. The summed E-state index contributed by atoms with van der Waals surface area (Å²) in [6.07, 6.45) is 1.15. The zero-order valence-electron chi connectivity index (χ0n) is 17.4.